The summed E-state index contributed by atoms with van der Waals surface area (Å²) < 4.78 is 5.64. The van der Waals surface area contributed by atoms with Crippen molar-refractivity contribution in [2.45, 2.75) is 32.4 Å². The third-order valence-corrected chi connectivity index (χ3v) is 5.09. The van der Waals surface area contributed by atoms with Crippen LogP contribution >= 0.6 is 11.6 Å². The number of nitrogens with one attached hydrogen (secondary N) is 1. The number of halogens is 1. The van der Waals surface area contributed by atoms with Crippen molar-refractivity contribution in [3.05, 3.63) is 58.7 Å². The number of likely N-dealkylation sites (tertiary alicyclic amines) is 1. The highest BCUT2D eigenvalue weighted by molar-refractivity contribution is 6.30. The number of hydrogen-bond acceptors (Lipinski definition) is 4. The van der Waals surface area contributed by atoms with Crippen molar-refractivity contribution in [1.29, 1.82) is 0 Å². The number of pyridine rings is 1. The molecule has 3 rings (SSSR count). The van der Waals surface area contributed by atoms with E-state index in [2.05, 4.69) is 10.3 Å². The fraction of sp³-hybridized carbons (Fsp3) is 0.381. The van der Waals surface area contributed by atoms with E-state index in [0.717, 1.165) is 17.5 Å². The lowest BCUT2D eigenvalue weighted by Crippen LogP contribution is -2.34. The van der Waals surface area contributed by atoms with Gasteiger partial charge >= 0.3 is 0 Å². The Labute approximate surface area is 169 Å². The van der Waals surface area contributed by atoms with Crippen LogP contribution in [0.15, 0.2) is 42.6 Å². The predicted molar refractivity (Wildman–Crippen MR) is 107 cm³/mol. The molecule has 7 heteroatoms. The second-order valence-corrected chi connectivity index (χ2v) is 7.29. The van der Waals surface area contributed by atoms with E-state index in [1.54, 1.807) is 30.3 Å². The molecule has 1 fully saturated rings. The quantitative estimate of drug-likeness (QED) is 0.772. The van der Waals surface area contributed by atoms with Gasteiger partial charge in [-0.1, -0.05) is 36.7 Å². The molecule has 0 saturated carbocycles. The molecule has 28 heavy (non-hydrogen) atoms. The average molecular weight is 402 g/mol. The van der Waals surface area contributed by atoms with Crippen LogP contribution < -0.4 is 10.1 Å². The maximum atomic E-state index is 12.9. The summed E-state index contributed by atoms with van der Waals surface area (Å²) in [6, 6.07) is 10.6. The Kier molecular flexibility index (Phi) is 6.52. The Morgan fingerprint density at radius 3 is 2.93 bits per heavy atom. The molecule has 0 radical (unpaired) electrons. The van der Waals surface area contributed by atoms with Gasteiger partial charge in [0.15, 0.2) is 0 Å². The highest BCUT2D eigenvalue weighted by Gasteiger charge is 2.42. The molecule has 1 aromatic heterocycles. The first-order valence-electron chi connectivity index (χ1n) is 9.36. The van der Waals surface area contributed by atoms with Crippen molar-refractivity contribution < 1.29 is 14.3 Å². The molecule has 1 aromatic carbocycles. The Morgan fingerprint density at radius 1 is 1.36 bits per heavy atom. The zero-order chi connectivity index (χ0) is 20.1. The number of carbonyl (C=O) groups is 2. The van der Waals surface area contributed by atoms with Gasteiger partial charge in [0.05, 0.1) is 18.6 Å². The van der Waals surface area contributed by atoms with Crippen LogP contribution in [-0.2, 0) is 16.1 Å². The molecule has 0 spiro atoms. The first-order valence-corrected chi connectivity index (χ1v) is 9.74. The summed E-state index contributed by atoms with van der Waals surface area (Å²) in [5.74, 6) is -0.185. The van der Waals surface area contributed by atoms with E-state index in [1.165, 1.54) is 0 Å². The smallest absolute Gasteiger partial charge is 0.226 e. The van der Waals surface area contributed by atoms with Crippen LogP contribution in [0.3, 0.4) is 0 Å². The summed E-state index contributed by atoms with van der Waals surface area (Å²) in [6.45, 7) is 2.88. The van der Waals surface area contributed by atoms with Gasteiger partial charge in [-0.3, -0.25) is 9.59 Å². The number of aromatic nitrogens is 1. The van der Waals surface area contributed by atoms with Crippen molar-refractivity contribution in [3.8, 4) is 5.88 Å². The molecule has 6 nitrogen and oxygen atoms in total. The summed E-state index contributed by atoms with van der Waals surface area (Å²) in [6.07, 6.45) is 2.71. The van der Waals surface area contributed by atoms with Gasteiger partial charge in [0, 0.05) is 36.8 Å². The fourth-order valence-corrected chi connectivity index (χ4v) is 3.65. The van der Waals surface area contributed by atoms with Gasteiger partial charge in [-0.2, -0.15) is 0 Å². The lowest BCUT2D eigenvalue weighted by Gasteiger charge is -2.25. The lowest BCUT2D eigenvalue weighted by molar-refractivity contribution is -0.128. The molecule has 1 aliphatic heterocycles. The molecular formula is C21H24ClN3O3. The lowest BCUT2D eigenvalue weighted by atomic mass is 9.93. The molecule has 148 valence electrons. The minimum atomic E-state index is -0.479. The van der Waals surface area contributed by atoms with Gasteiger partial charge in [0.25, 0.3) is 0 Å². The second-order valence-electron chi connectivity index (χ2n) is 6.85. The summed E-state index contributed by atoms with van der Waals surface area (Å²) in [7, 11) is 1.72. The number of hydrogen-bond donors (Lipinski definition) is 1. The van der Waals surface area contributed by atoms with Crippen molar-refractivity contribution >= 4 is 23.4 Å². The highest BCUT2D eigenvalue weighted by Crippen LogP contribution is 2.37. The molecule has 2 amide bonds. The normalized spacial score (nSPS) is 19.0. The average Bonchev–Trinajstić information content (AvgIpc) is 3.00. The predicted octanol–water partition coefficient (Wildman–Crippen LogP) is 3.36. The van der Waals surface area contributed by atoms with E-state index in [0.29, 0.717) is 24.1 Å². The van der Waals surface area contributed by atoms with Crippen LogP contribution in [0.1, 0.15) is 36.9 Å². The number of rotatable bonds is 7. The molecule has 0 bridgehead atoms. The molecule has 1 aliphatic rings. The van der Waals surface area contributed by atoms with E-state index in [1.807, 2.05) is 31.2 Å². The molecule has 1 N–H and O–H groups in total. The molecule has 0 aliphatic carbocycles. The summed E-state index contributed by atoms with van der Waals surface area (Å²) >= 11 is 6.11. The SMILES string of the molecule is CCCOc1ncccc1CNC(=O)C1CC(=O)N(C)C1c1cccc(Cl)c1. The first-order chi connectivity index (χ1) is 13.5. The third-order valence-electron chi connectivity index (χ3n) is 4.86. The topological polar surface area (TPSA) is 71.5 Å². The van der Waals surface area contributed by atoms with Crippen LogP contribution in [0.2, 0.25) is 5.02 Å². The van der Waals surface area contributed by atoms with E-state index in [4.69, 9.17) is 16.3 Å². The fourth-order valence-electron chi connectivity index (χ4n) is 3.45. The first kappa shape index (κ1) is 20.1. The Balaban J connectivity index is 1.73. The molecule has 2 atom stereocenters. The van der Waals surface area contributed by atoms with Gasteiger partial charge in [-0.15, -0.1) is 0 Å². The molecular weight excluding hydrogens is 378 g/mol. The standard InChI is InChI=1S/C21H24ClN3O3/c1-3-10-28-21-15(7-5-9-23-21)13-24-20(27)17-12-18(26)25(2)19(17)14-6-4-8-16(22)11-14/h4-9,11,17,19H,3,10,12-13H2,1-2H3,(H,24,27). The Bertz CT molecular complexity index is 858. The van der Waals surface area contributed by atoms with Crippen molar-refractivity contribution in [3.63, 3.8) is 0 Å². The number of nitrogens with zero attached hydrogens (tertiary/aromatic N) is 2. The zero-order valence-corrected chi connectivity index (χ0v) is 16.8. The Morgan fingerprint density at radius 2 is 2.18 bits per heavy atom. The maximum absolute atomic E-state index is 12.9. The zero-order valence-electron chi connectivity index (χ0n) is 16.0. The van der Waals surface area contributed by atoms with E-state index in [9.17, 15) is 9.59 Å². The van der Waals surface area contributed by atoms with Crippen LogP contribution in [-0.4, -0.2) is 35.4 Å². The molecule has 2 aromatic rings. The number of carbonyl (C=O) groups excluding carboxylic acids is 2. The maximum Gasteiger partial charge on any atom is 0.226 e. The summed E-state index contributed by atoms with van der Waals surface area (Å²) in [4.78, 5) is 31.1. The van der Waals surface area contributed by atoms with Crippen molar-refractivity contribution in [2.24, 2.45) is 5.92 Å². The van der Waals surface area contributed by atoms with Crippen LogP contribution in [0.4, 0.5) is 0 Å². The number of amides is 2. The van der Waals surface area contributed by atoms with Crippen molar-refractivity contribution in [2.75, 3.05) is 13.7 Å². The van der Waals surface area contributed by atoms with E-state index >= 15 is 0 Å². The Hall–Kier alpha value is -2.60. The highest BCUT2D eigenvalue weighted by atomic mass is 35.5. The molecule has 2 heterocycles. The van der Waals surface area contributed by atoms with E-state index < -0.39 is 5.92 Å². The second kappa shape index (κ2) is 9.06. The number of benzene rings is 1. The summed E-state index contributed by atoms with van der Waals surface area (Å²) in [5, 5.41) is 3.52. The van der Waals surface area contributed by atoms with Gasteiger partial charge in [-0.25, -0.2) is 4.98 Å². The third kappa shape index (κ3) is 4.44. The number of ether oxygens (including phenoxy) is 1. The minimum Gasteiger partial charge on any atom is -0.477 e. The van der Waals surface area contributed by atoms with Crippen LogP contribution in [0.5, 0.6) is 5.88 Å². The largest absolute Gasteiger partial charge is 0.477 e. The van der Waals surface area contributed by atoms with Gasteiger partial charge in [0.1, 0.15) is 0 Å². The van der Waals surface area contributed by atoms with Gasteiger partial charge in [-0.05, 0) is 30.2 Å². The van der Waals surface area contributed by atoms with Gasteiger partial charge < -0.3 is 15.0 Å². The van der Waals surface area contributed by atoms with Crippen molar-refractivity contribution in [1.82, 2.24) is 15.2 Å². The van der Waals surface area contributed by atoms with Crippen LogP contribution in [0.25, 0.3) is 0 Å². The molecule has 2 unspecified atom stereocenters. The van der Waals surface area contributed by atoms with Crippen LogP contribution in [0, 0.1) is 5.92 Å². The van der Waals surface area contributed by atoms with Gasteiger partial charge in [0.2, 0.25) is 17.7 Å². The summed E-state index contributed by atoms with van der Waals surface area (Å²) in [5.41, 5.74) is 1.66. The monoisotopic (exact) mass is 401 g/mol. The molecule has 1 saturated heterocycles. The minimum absolute atomic E-state index is 0.0570. The van der Waals surface area contributed by atoms with E-state index in [-0.39, 0.29) is 24.3 Å².